The van der Waals surface area contributed by atoms with Gasteiger partial charge in [0.2, 0.25) is 0 Å². The molecular weight excluding hydrogens is 308 g/mol. The molecule has 0 unspecified atom stereocenters. The third kappa shape index (κ3) is 2.26. The lowest BCUT2D eigenvalue weighted by molar-refractivity contribution is 0.960. The van der Waals surface area contributed by atoms with Gasteiger partial charge >= 0.3 is 0 Å². The SMILES string of the molecule is Cc1cnc2c(c1)C(c1ccn3ncc(-c4cccnc4)c3c1)=CC2. The Balaban J connectivity index is 1.66. The highest BCUT2D eigenvalue weighted by Gasteiger charge is 2.18. The maximum atomic E-state index is 4.57. The van der Waals surface area contributed by atoms with Gasteiger partial charge in [0.15, 0.2) is 0 Å². The van der Waals surface area contributed by atoms with E-state index in [-0.39, 0.29) is 0 Å². The number of pyridine rings is 3. The van der Waals surface area contributed by atoms with Crippen molar-refractivity contribution in [2.45, 2.75) is 13.3 Å². The highest BCUT2D eigenvalue weighted by molar-refractivity contribution is 5.88. The number of nitrogens with zero attached hydrogens (tertiary/aromatic N) is 4. The zero-order valence-electron chi connectivity index (χ0n) is 13.8. The summed E-state index contributed by atoms with van der Waals surface area (Å²) in [5, 5.41) is 4.48. The van der Waals surface area contributed by atoms with Gasteiger partial charge in [-0.15, -0.1) is 0 Å². The fraction of sp³-hybridized carbons (Fsp3) is 0.0952. The first-order valence-corrected chi connectivity index (χ1v) is 8.34. The Morgan fingerprint density at radius 1 is 1.00 bits per heavy atom. The van der Waals surface area contributed by atoms with Gasteiger partial charge < -0.3 is 0 Å². The highest BCUT2D eigenvalue weighted by Crippen LogP contribution is 2.34. The van der Waals surface area contributed by atoms with Crippen LogP contribution in [0.1, 0.15) is 22.4 Å². The molecule has 0 N–H and O–H groups in total. The number of hydrogen-bond acceptors (Lipinski definition) is 3. The minimum atomic E-state index is 0.894. The lowest BCUT2D eigenvalue weighted by Gasteiger charge is -2.08. The molecule has 0 atom stereocenters. The van der Waals surface area contributed by atoms with E-state index in [2.05, 4.69) is 52.3 Å². The Labute approximate surface area is 145 Å². The van der Waals surface area contributed by atoms with Crippen LogP contribution in [0.2, 0.25) is 0 Å². The van der Waals surface area contributed by atoms with E-state index in [1.54, 1.807) is 6.20 Å². The average Bonchev–Trinajstić information content (AvgIpc) is 3.25. The number of rotatable bonds is 2. The molecule has 5 rings (SSSR count). The summed E-state index contributed by atoms with van der Waals surface area (Å²) in [5.41, 5.74) is 9.29. The molecule has 0 bridgehead atoms. The first kappa shape index (κ1) is 14.1. The van der Waals surface area contributed by atoms with Crippen molar-refractivity contribution in [2.24, 2.45) is 0 Å². The molecule has 0 saturated heterocycles. The highest BCUT2D eigenvalue weighted by atomic mass is 15.2. The minimum Gasteiger partial charge on any atom is -0.264 e. The molecule has 0 fully saturated rings. The van der Waals surface area contributed by atoms with Crippen molar-refractivity contribution >= 4 is 11.1 Å². The van der Waals surface area contributed by atoms with E-state index < -0.39 is 0 Å². The molecule has 120 valence electrons. The van der Waals surface area contributed by atoms with Crippen molar-refractivity contribution < 1.29 is 0 Å². The number of allylic oxidation sites excluding steroid dienone is 1. The lowest BCUT2D eigenvalue weighted by Crippen LogP contribution is -1.94. The third-order valence-electron chi connectivity index (χ3n) is 4.70. The zero-order chi connectivity index (χ0) is 16.8. The first-order chi connectivity index (χ1) is 12.3. The van der Waals surface area contributed by atoms with Crippen LogP contribution in [0.15, 0.2) is 67.4 Å². The molecule has 0 amide bonds. The van der Waals surface area contributed by atoms with Gasteiger partial charge in [0.05, 0.1) is 17.4 Å². The summed E-state index contributed by atoms with van der Waals surface area (Å²) in [7, 11) is 0. The third-order valence-corrected chi connectivity index (χ3v) is 4.70. The fourth-order valence-electron chi connectivity index (χ4n) is 3.47. The largest absolute Gasteiger partial charge is 0.264 e. The van der Waals surface area contributed by atoms with Crippen LogP contribution in [0, 0.1) is 6.92 Å². The van der Waals surface area contributed by atoms with E-state index >= 15 is 0 Å². The van der Waals surface area contributed by atoms with Crippen molar-refractivity contribution in [2.75, 3.05) is 0 Å². The predicted octanol–water partition coefficient (Wildman–Crippen LogP) is 4.09. The van der Waals surface area contributed by atoms with Gasteiger partial charge in [-0.05, 0) is 47.9 Å². The summed E-state index contributed by atoms with van der Waals surface area (Å²) >= 11 is 0. The number of aryl methyl sites for hydroxylation is 1. The van der Waals surface area contributed by atoms with Gasteiger partial charge in [-0.3, -0.25) is 9.97 Å². The summed E-state index contributed by atoms with van der Waals surface area (Å²) in [6.07, 6.45) is 12.7. The molecule has 0 spiro atoms. The van der Waals surface area contributed by atoms with E-state index in [0.29, 0.717) is 0 Å². The molecule has 4 aromatic heterocycles. The van der Waals surface area contributed by atoms with Crippen molar-refractivity contribution in [1.82, 2.24) is 19.6 Å². The Kier molecular flexibility index (Phi) is 3.04. The first-order valence-electron chi connectivity index (χ1n) is 8.34. The molecule has 4 heterocycles. The Bertz CT molecular complexity index is 1120. The van der Waals surface area contributed by atoms with Gasteiger partial charge in [-0.1, -0.05) is 12.1 Å². The van der Waals surface area contributed by atoms with Crippen LogP contribution in [-0.4, -0.2) is 19.6 Å². The maximum Gasteiger partial charge on any atom is 0.0746 e. The fourth-order valence-corrected chi connectivity index (χ4v) is 3.47. The summed E-state index contributed by atoms with van der Waals surface area (Å²) in [4.78, 5) is 8.80. The standard InChI is InChI=1S/C21H16N4/c1-14-9-18-17(4-5-20(18)23-11-14)15-6-8-25-21(10-15)19(13-24-25)16-3-2-7-22-12-16/h2-4,6-13H,5H2,1H3. The quantitative estimate of drug-likeness (QED) is 0.558. The topological polar surface area (TPSA) is 43.1 Å². The molecule has 4 nitrogen and oxygen atoms in total. The molecule has 0 radical (unpaired) electrons. The monoisotopic (exact) mass is 324 g/mol. The van der Waals surface area contributed by atoms with E-state index in [1.165, 1.54) is 22.3 Å². The Hall–Kier alpha value is -3.27. The molecule has 1 aliphatic carbocycles. The second-order valence-corrected chi connectivity index (χ2v) is 6.37. The Morgan fingerprint density at radius 3 is 2.84 bits per heavy atom. The summed E-state index contributed by atoms with van der Waals surface area (Å²) in [6, 6.07) is 10.6. The van der Waals surface area contributed by atoms with Crippen LogP contribution < -0.4 is 0 Å². The van der Waals surface area contributed by atoms with Crippen LogP contribution in [-0.2, 0) is 6.42 Å². The number of hydrogen-bond donors (Lipinski definition) is 0. The molecule has 0 aromatic carbocycles. The summed E-state index contributed by atoms with van der Waals surface area (Å²) in [5.74, 6) is 0. The van der Waals surface area contributed by atoms with Crippen LogP contribution in [0.5, 0.6) is 0 Å². The van der Waals surface area contributed by atoms with Gasteiger partial charge in [0.25, 0.3) is 0 Å². The van der Waals surface area contributed by atoms with E-state index in [1.807, 2.05) is 35.4 Å². The molecular formula is C21H16N4. The predicted molar refractivity (Wildman–Crippen MR) is 98.2 cm³/mol. The van der Waals surface area contributed by atoms with Crippen LogP contribution in [0.25, 0.3) is 22.2 Å². The maximum absolute atomic E-state index is 4.57. The van der Waals surface area contributed by atoms with Crippen molar-refractivity contribution in [3.63, 3.8) is 0 Å². The minimum absolute atomic E-state index is 0.894. The van der Waals surface area contributed by atoms with Gasteiger partial charge in [-0.2, -0.15) is 5.10 Å². The Morgan fingerprint density at radius 2 is 1.96 bits per heavy atom. The second kappa shape index (κ2) is 5.38. The van der Waals surface area contributed by atoms with E-state index in [0.717, 1.165) is 28.8 Å². The average molecular weight is 324 g/mol. The van der Waals surface area contributed by atoms with Gasteiger partial charge in [-0.25, -0.2) is 4.52 Å². The molecule has 1 aliphatic rings. The van der Waals surface area contributed by atoms with E-state index in [4.69, 9.17) is 0 Å². The molecule has 4 aromatic rings. The van der Waals surface area contributed by atoms with Crippen molar-refractivity contribution in [1.29, 1.82) is 0 Å². The molecule has 0 aliphatic heterocycles. The number of fused-ring (bicyclic) bond motifs is 2. The molecule has 0 saturated carbocycles. The zero-order valence-corrected chi connectivity index (χ0v) is 13.8. The van der Waals surface area contributed by atoms with Crippen molar-refractivity contribution in [3.05, 3.63) is 89.8 Å². The normalized spacial score (nSPS) is 13.1. The smallest absolute Gasteiger partial charge is 0.0746 e. The van der Waals surface area contributed by atoms with Gasteiger partial charge in [0.1, 0.15) is 0 Å². The second-order valence-electron chi connectivity index (χ2n) is 6.37. The molecule has 4 heteroatoms. The van der Waals surface area contributed by atoms with Gasteiger partial charge in [0, 0.05) is 47.9 Å². The summed E-state index contributed by atoms with van der Waals surface area (Å²) in [6.45, 7) is 2.09. The van der Waals surface area contributed by atoms with Crippen LogP contribution in [0.4, 0.5) is 0 Å². The van der Waals surface area contributed by atoms with E-state index in [9.17, 15) is 0 Å². The van der Waals surface area contributed by atoms with Crippen LogP contribution in [0.3, 0.4) is 0 Å². The molecule has 25 heavy (non-hydrogen) atoms. The van der Waals surface area contributed by atoms with Crippen molar-refractivity contribution in [3.8, 4) is 11.1 Å². The lowest BCUT2D eigenvalue weighted by atomic mass is 10.00. The summed E-state index contributed by atoms with van der Waals surface area (Å²) < 4.78 is 1.91. The van der Waals surface area contributed by atoms with Crippen LogP contribution >= 0.6 is 0 Å². The number of aromatic nitrogens is 4.